The summed E-state index contributed by atoms with van der Waals surface area (Å²) in [5, 5.41) is 8.41. The molecule has 0 spiro atoms. The molecule has 0 aromatic carbocycles. The number of amides is 2. The maximum atomic E-state index is 11.7. The molecule has 20 heavy (non-hydrogen) atoms. The van der Waals surface area contributed by atoms with Crippen LogP contribution in [0.15, 0.2) is 24.5 Å². The molecule has 1 unspecified atom stereocenters. The van der Waals surface area contributed by atoms with E-state index in [1.54, 1.807) is 24.5 Å². The van der Waals surface area contributed by atoms with Gasteiger partial charge in [-0.2, -0.15) is 0 Å². The molecule has 1 atom stereocenters. The number of nitrogens with one attached hydrogen (secondary N) is 3. The number of anilines is 1. The summed E-state index contributed by atoms with van der Waals surface area (Å²) >= 11 is 0. The number of carbonyl (C=O) groups excluding carboxylic acids is 2. The van der Waals surface area contributed by atoms with Crippen molar-refractivity contribution in [2.75, 3.05) is 31.6 Å². The summed E-state index contributed by atoms with van der Waals surface area (Å²) in [6.07, 6.45) is 3.47. The van der Waals surface area contributed by atoms with E-state index in [0.717, 1.165) is 6.54 Å². The number of morpholine rings is 1. The Morgan fingerprint density at radius 1 is 1.45 bits per heavy atom. The average molecular weight is 278 g/mol. The van der Waals surface area contributed by atoms with Crippen LogP contribution in [0, 0.1) is 0 Å². The monoisotopic (exact) mass is 278 g/mol. The summed E-state index contributed by atoms with van der Waals surface area (Å²) in [4.78, 5) is 27.2. The van der Waals surface area contributed by atoms with Gasteiger partial charge in [0, 0.05) is 25.2 Å². The molecule has 1 fully saturated rings. The van der Waals surface area contributed by atoms with Gasteiger partial charge < -0.3 is 20.7 Å². The normalized spacial score (nSPS) is 18.3. The summed E-state index contributed by atoms with van der Waals surface area (Å²) in [5.74, 6) is -0.450. The molecule has 3 N–H and O–H groups in total. The van der Waals surface area contributed by atoms with Gasteiger partial charge in [0.1, 0.15) is 0 Å². The Bertz CT molecular complexity index is 446. The lowest BCUT2D eigenvalue weighted by atomic mass is 10.2. The van der Waals surface area contributed by atoms with Gasteiger partial charge >= 0.3 is 0 Å². The van der Waals surface area contributed by atoms with Crippen LogP contribution in [-0.2, 0) is 14.3 Å². The number of hydrogen-bond donors (Lipinski definition) is 3. The Labute approximate surface area is 117 Å². The fourth-order valence-electron chi connectivity index (χ4n) is 1.87. The smallest absolute Gasteiger partial charge is 0.243 e. The third-order valence-electron chi connectivity index (χ3n) is 2.82. The number of pyridine rings is 1. The van der Waals surface area contributed by atoms with E-state index in [9.17, 15) is 9.59 Å². The number of rotatable bonds is 5. The van der Waals surface area contributed by atoms with Crippen molar-refractivity contribution >= 4 is 17.5 Å². The molecule has 0 bridgehead atoms. The van der Waals surface area contributed by atoms with Crippen molar-refractivity contribution in [3.63, 3.8) is 0 Å². The van der Waals surface area contributed by atoms with Crippen LogP contribution in [0.3, 0.4) is 0 Å². The molecule has 1 aromatic heterocycles. The first kappa shape index (κ1) is 14.4. The van der Waals surface area contributed by atoms with E-state index in [1.807, 2.05) is 0 Å². The third kappa shape index (κ3) is 4.94. The van der Waals surface area contributed by atoms with Gasteiger partial charge in [-0.3, -0.25) is 14.6 Å². The summed E-state index contributed by atoms with van der Waals surface area (Å²) in [6, 6.07) is 3.48. The molecule has 7 heteroatoms. The van der Waals surface area contributed by atoms with Gasteiger partial charge in [0.2, 0.25) is 11.8 Å². The molecule has 108 valence electrons. The standard InChI is InChI=1S/C13H18N4O3/c18-12(6-11-9-20-5-4-15-11)16-8-13(19)17-10-2-1-3-14-7-10/h1-3,7,11,15H,4-6,8-9H2,(H,16,18)(H,17,19). The highest BCUT2D eigenvalue weighted by molar-refractivity contribution is 5.94. The molecular weight excluding hydrogens is 260 g/mol. The van der Waals surface area contributed by atoms with Crippen LogP contribution in [0.25, 0.3) is 0 Å². The van der Waals surface area contributed by atoms with E-state index < -0.39 is 0 Å². The molecule has 1 aromatic rings. The lowest BCUT2D eigenvalue weighted by molar-refractivity contribution is -0.125. The van der Waals surface area contributed by atoms with Gasteiger partial charge in [-0.15, -0.1) is 0 Å². The van der Waals surface area contributed by atoms with Crippen LogP contribution in [0.1, 0.15) is 6.42 Å². The second-order valence-corrected chi connectivity index (χ2v) is 4.50. The summed E-state index contributed by atoms with van der Waals surface area (Å²) in [5.41, 5.74) is 0.606. The van der Waals surface area contributed by atoms with Gasteiger partial charge in [-0.25, -0.2) is 0 Å². The SMILES string of the molecule is O=C(CC1COCCN1)NCC(=O)Nc1cccnc1. The van der Waals surface area contributed by atoms with E-state index in [-0.39, 0.29) is 24.4 Å². The molecule has 7 nitrogen and oxygen atoms in total. The number of nitrogens with zero attached hydrogens (tertiary/aromatic N) is 1. The van der Waals surface area contributed by atoms with Crippen molar-refractivity contribution in [2.45, 2.75) is 12.5 Å². The minimum absolute atomic E-state index is 0.0186. The van der Waals surface area contributed by atoms with Crippen LogP contribution in [-0.4, -0.2) is 49.1 Å². The van der Waals surface area contributed by atoms with Crippen LogP contribution < -0.4 is 16.0 Å². The van der Waals surface area contributed by atoms with Crippen molar-refractivity contribution in [3.8, 4) is 0 Å². The molecular formula is C13H18N4O3. The minimum Gasteiger partial charge on any atom is -0.378 e. The Morgan fingerprint density at radius 3 is 3.05 bits per heavy atom. The Hall–Kier alpha value is -1.99. The minimum atomic E-state index is -0.279. The zero-order chi connectivity index (χ0) is 14.2. The summed E-state index contributed by atoms with van der Waals surface area (Å²) < 4.78 is 5.26. The van der Waals surface area contributed by atoms with Crippen molar-refractivity contribution in [1.82, 2.24) is 15.6 Å². The van der Waals surface area contributed by atoms with Gasteiger partial charge in [0.05, 0.1) is 31.6 Å². The molecule has 2 rings (SSSR count). The van der Waals surface area contributed by atoms with Crippen molar-refractivity contribution in [1.29, 1.82) is 0 Å². The van der Waals surface area contributed by atoms with Gasteiger partial charge in [-0.05, 0) is 12.1 Å². The molecule has 0 radical (unpaired) electrons. The van der Waals surface area contributed by atoms with E-state index >= 15 is 0 Å². The van der Waals surface area contributed by atoms with Crippen molar-refractivity contribution in [3.05, 3.63) is 24.5 Å². The lowest BCUT2D eigenvalue weighted by Gasteiger charge is -2.23. The topological polar surface area (TPSA) is 92.4 Å². The third-order valence-corrected chi connectivity index (χ3v) is 2.82. The van der Waals surface area contributed by atoms with Crippen LogP contribution in [0.5, 0.6) is 0 Å². The molecule has 1 aliphatic rings. The van der Waals surface area contributed by atoms with Crippen LogP contribution >= 0.6 is 0 Å². The number of carbonyl (C=O) groups is 2. The predicted molar refractivity (Wildman–Crippen MR) is 73.1 cm³/mol. The van der Waals surface area contributed by atoms with E-state index in [2.05, 4.69) is 20.9 Å². The molecule has 0 aliphatic carbocycles. The number of aromatic nitrogens is 1. The zero-order valence-electron chi connectivity index (χ0n) is 11.1. The molecule has 1 saturated heterocycles. The molecule has 1 aliphatic heterocycles. The highest BCUT2D eigenvalue weighted by atomic mass is 16.5. The maximum absolute atomic E-state index is 11.7. The number of hydrogen-bond acceptors (Lipinski definition) is 5. The summed E-state index contributed by atoms with van der Waals surface area (Å²) in [6.45, 7) is 1.89. The zero-order valence-corrected chi connectivity index (χ0v) is 11.1. The fraction of sp³-hybridized carbons (Fsp3) is 0.462. The van der Waals surface area contributed by atoms with Crippen LogP contribution in [0.4, 0.5) is 5.69 Å². The molecule has 2 amide bonds. The van der Waals surface area contributed by atoms with Gasteiger partial charge in [0.15, 0.2) is 0 Å². The van der Waals surface area contributed by atoms with E-state index in [1.165, 1.54) is 0 Å². The Balaban J connectivity index is 1.66. The summed E-state index contributed by atoms with van der Waals surface area (Å²) in [7, 11) is 0. The van der Waals surface area contributed by atoms with Gasteiger partial charge in [-0.1, -0.05) is 0 Å². The van der Waals surface area contributed by atoms with E-state index in [4.69, 9.17) is 4.74 Å². The first-order chi connectivity index (χ1) is 9.74. The van der Waals surface area contributed by atoms with Crippen molar-refractivity contribution in [2.24, 2.45) is 0 Å². The lowest BCUT2D eigenvalue weighted by Crippen LogP contribution is -2.45. The molecule has 2 heterocycles. The first-order valence-corrected chi connectivity index (χ1v) is 6.52. The average Bonchev–Trinajstić information content (AvgIpc) is 2.47. The fourth-order valence-corrected chi connectivity index (χ4v) is 1.87. The Morgan fingerprint density at radius 2 is 2.35 bits per heavy atom. The molecule has 0 saturated carbocycles. The second-order valence-electron chi connectivity index (χ2n) is 4.50. The quantitative estimate of drug-likeness (QED) is 0.676. The predicted octanol–water partition coefficient (Wildman–Crippen LogP) is -0.485. The Kier molecular flexibility index (Phi) is 5.45. The highest BCUT2D eigenvalue weighted by Crippen LogP contribution is 2.02. The second kappa shape index (κ2) is 7.56. The van der Waals surface area contributed by atoms with Crippen molar-refractivity contribution < 1.29 is 14.3 Å². The highest BCUT2D eigenvalue weighted by Gasteiger charge is 2.17. The van der Waals surface area contributed by atoms with Crippen LogP contribution in [0.2, 0.25) is 0 Å². The number of ether oxygens (including phenoxy) is 1. The van der Waals surface area contributed by atoms with E-state index in [0.29, 0.717) is 25.3 Å². The largest absolute Gasteiger partial charge is 0.378 e. The maximum Gasteiger partial charge on any atom is 0.243 e. The first-order valence-electron chi connectivity index (χ1n) is 6.52. The van der Waals surface area contributed by atoms with Gasteiger partial charge in [0.25, 0.3) is 0 Å².